The second-order valence-electron chi connectivity index (χ2n) is 18.9. The highest BCUT2D eigenvalue weighted by atomic mass is 16.5. The summed E-state index contributed by atoms with van der Waals surface area (Å²) in [6.07, 6.45) is 9.00. The Balaban J connectivity index is 1.30. The van der Waals surface area contributed by atoms with Gasteiger partial charge in [0.2, 0.25) is 17.7 Å². The molecule has 3 unspecified atom stereocenters. The number of carbonyl (C=O) groups is 5. The van der Waals surface area contributed by atoms with Crippen LogP contribution in [0.15, 0.2) is 60.8 Å². The van der Waals surface area contributed by atoms with Crippen LogP contribution in [0.2, 0.25) is 0 Å². The number of rotatable bonds is 19. The van der Waals surface area contributed by atoms with Crippen molar-refractivity contribution in [1.29, 1.82) is 0 Å². The van der Waals surface area contributed by atoms with Gasteiger partial charge in [-0.25, -0.2) is 5.43 Å². The molecule has 2 aromatic heterocycles. The van der Waals surface area contributed by atoms with Crippen LogP contribution in [0.5, 0.6) is 0 Å². The van der Waals surface area contributed by atoms with Gasteiger partial charge < -0.3 is 34.1 Å². The highest BCUT2D eigenvalue weighted by molar-refractivity contribution is 5.95. The van der Waals surface area contributed by atoms with Crippen molar-refractivity contribution in [3.8, 4) is 11.3 Å². The number of benzene rings is 1. The summed E-state index contributed by atoms with van der Waals surface area (Å²) in [5.74, 6) is -1.68. The minimum absolute atomic E-state index is 0.200. The Morgan fingerprint density at radius 2 is 1.89 bits per heavy atom. The standard InChI is InChI=1S/C50H70N8O7/c1-10-43(60)56-25-20-36(30-56)48(62)54(8)45(33(3)4)47(61)53-41(49(63)58-24-13-12-22-52-58)26-35-16-15-23-55(29-35)37-18-19-42-39(27-37)40(28-50(6,7)31-65-32-59)46(57(42)11-2)38-17-14-21-51-44(38)34(5)64-9/h10,14,16-19,21,27,32-34,36,41,45,52H,1,11-13,15,20,22-26,28-31H2,2-9H3,(H,53,61)/t34?,36-,41?,45?/m0/s1. The number of hydrogen-bond donors (Lipinski definition) is 2. The van der Waals surface area contributed by atoms with E-state index in [1.165, 1.54) is 11.0 Å². The molecule has 1 aromatic carbocycles. The van der Waals surface area contributed by atoms with Crippen molar-refractivity contribution in [2.75, 3.05) is 64.9 Å². The van der Waals surface area contributed by atoms with Gasteiger partial charge in [-0.1, -0.05) is 45.9 Å². The van der Waals surface area contributed by atoms with Crippen molar-refractivity contribution in [2.45, 2.75) is 105 Å². The summed E-state index contributed by atoms with van der Waals surface area (Å²) in [6.45, 7) is 20.5. The number of hydrogen-bond acceptors (Lipinski definition) is 10. The van der Waals surface area contributed by atoms with Crippen molar-refractivity contribution in [1.82, 2.24) is 35.1 Å². The number of likely N-dealkylation sites (N-methyl/N-ethyl adjacent to an activating group) is 1. The van der Waals surface area contributed by atoms with Crippen LogP contribution in [-0.2, 0) is 46.4 Å². The van der Waals surface area contributed by atoms with Gasteiger partial charge in [0, 0.05) is 93.7 Å². The smallest absolute Gasteiger partial charge is 0.293 e. The van der Waals surface area contributed by atoms with Gasteiger partial charge in [-0.15, -0.1) is 0 Å². The fourth-order valence-electron chi connectivity index (χ4n) is 9.87. The van der Waals surface area contributed by atoms with Crippen LogP contribution in [0.3, 0.4) is 0 Å². The van der Waals surface area contributed by atoms with E-state index in [0.29, 0.717) is 58.5 Å². The lowest BCUT2D eigenvalue weighted by Crippen LogP contribution is -2.59. The van der Waals surface area contributed by atoms with Crippen LogP contribution in [0, 0.1) is 17.3 Å². The Hall–Kier alpha value is -5.54. The summed E-state index contributed by atoms with van der Waals surface area (Å²) in [6, 6.07) is 8.96. The third-order valence-corrected chi connectivity index (χ3v) is 13.2. The van der Waals surface area contributed by atoms with Gasteiger partial charge in [-0.2, -0.15) is 0 Å². The molecule has 15 heteroatoms. The van der Waals surface area contributed by atoms with Gasteiger partial charge in [-0.05, 0) is 100 Å². The number of hydrazine groups is 1. The van der Waals surface area contributed by atoms with Crippen LogP contribution in [0.25, 0.3) is 22.2 Å². The topological polar surface area (TPSA) is 159 Å². The maximum absolute atomic E-state index is 14.4. The number of likely N-dealkylation sites (tertiary alicyclic amines) is 1. The van der Waals surface area contributed by atoms with Crippen LogP contribution in [0.4, 0.5) is 5.69 Å². The maximum atomic E-state index is 14.4. The van der Waals surface area contributed by atoms with Gasteiger partial charge in [-0.3, -0.25) is 34.0 Å². The minimum atomic E-state index is -0.870. The molecule has 0 bridgehead atoms. The van der Waals surface area contributed by atoms with E-state index in [1.54, 1.807) is 30.3 Å². The Labute approximate surface area is 384 Å². The molecule has 6 rings (SSSR count). The summed E-state index contributed by atoms with van der Waals surface area (Å²) in [4.78, 5) is 76.5. The molecule has 5 heterocycles. The fraction of sp³-hybridized carbons (Fsp3) is 0.560. The number of aryl methyl sites for hydroxylation is 1. The number of fused-ring (bicyclic) bond motifs is 1. The Morgan fingerprint density at radius 1 is 1.11 bits per heavy atom. The van der Waals surface area contributed by atoms with Crippen LogP contribution >= 0.6 is 0 Å². The molecule has 4 atom stereocenters. The molecule has 4 amide bonds. The molecular weight excluding hydrogens is 825 g/mol. The number of ether oxygens (including phenoxy) is 2. The first-order chi connectivity index (χ1) is 31.1. The first-order valence-corrected chi connectivity index (χ1v) is 23.3. The Kier molecular flexibility index (Phi) is 16.3. The van der Waals surface area contributed by atoms with Crippen molar-refractivity contribution in [2.24, 2.45) is 17.3 Å². The van der Waals surface area contributed by atoms with Crippen LogP contribution < -0.4 is 15.6 Å². The summed E-state index contributed by atoms with van der Waals surface area (Å²) in [7, 11) is 3.33. The predicted molar refractivity (Wildman–Crippen MR) is 252 cm³/mol. The lowest BCUT2D eigenvalue weighted by molar-refractivity contribution is -0.145. The lowest BCUT2D eigenvalue weighted by atomic mass is 9.84. The molecule has 0 spiro atoms. The first-order valence-electron chi connectivity index (χ1n) is 23.3. The Bertz CT molecular complexity index is 2240. The zero-order valence-electron chi connectivity index (χ0n) is 39.7. The molecule has 3 aliphatic heterocycles. The molecule has 2 saturated heterocycles. The lowest BCUT2D eigenvalue weighted by Gasteiger charge is -2.36. The van der Waals surface area contributed by atoms with Gasteiger partial charge in [0.05, 0.1) is 30.0 Å². The third kappa shape index (κ3) is 11.1. The quantitative estimate of drug-likeness (QED) is 0.0853. The number of nitrogens with one attached hydrogen (secondary N) is 2. The largest absolute Gasteiger partial charge is 0.467 e. The number of carbonyl (C=O) groups excluding carboxylic acids is 5. The molecule has 2 N–H and O–H groups in total. The van der Waals surface area contributed by atoms with Crippen molar-refractivity contribution in [3.05, 3.63) is 72.1 Å². The Morgan fingerprint density at radius 3 is 2.57 bits per heavy atom. The number of amides is 4. The van der Waals surface area contributed by atoms with Crippen molar-refractivity contribution in [3.63, 3.8) is 0 Å². The zero-order valence-corrected chi connectivity index (χ0v) is 39.7. The van der Waals surface area contributed by atoms with Gasteiger partial charge in [0.1, 0.15) is 12.1 Å². The van der Waals surface area contributed by atoms with E-state index in [1.807, 2.05) is 26.8 Å². The molecule has 65 heavy (non-hydrogen) atoms. The van der Waals surface area contributed by atoms with E-state index in [2.05, 4.69) is 77.9 Å². The van der Waals surface area contributed by atoms with Crippen molar-refractivity contribution >= 4 is 46.7 Å². The molecule has 0 aliphatic carbocycles. The normalized spacial score (nSPS) is 18.3. The highest BCUT2D eigenvalue weighted by Crippen LogP contribution is 2.42. The van der Waals surface area contributed by atoms with Gasteiger partial charge in [0.25, 0.3) is 12.4 Å². The predicted octanol–water partition coefficient (Wildman–Crippen LogP) is 5.83. The van der Waals surface area contributed by atoms with Gasteiger partial charge >= 0.3 is 0 Å². The molecule has 3 aliphatic rings. The zero-order chi connectivity index (χ0) is 47.0. The number of pyridine rings is 1. The molecule has 0 saturated carbocycles. The van der Waals surface area contributed by atoms with E-state index < -0.39 is 18.0 Å². The SMILES string of the molecule is C=CC(=O)N1CC[C@H](C(=O)N(C)C(C(=O)NC(CC2=CCCN(c3ccc4c(c3)c(CC(C)(C)COC=O)c(-c3cccnc3C(C)OC)n4CC)C2)C(=O)N2CCCCN2)C(C)C)C1. The summed E-state index contributed by atoms with van der Waals surface area (Å²) in [5, 5.41) is 5.86. The molecule has 0 radical (unpaired) electrons. The average molecular weight is 895 g/mol. The number of methoxy groups -OCH3 is 1. The van der Waals surface area contributed by atoms with E-state index in [0.717, 1.165) is 70.5 Å². The van der Waals surface area contributed by atoms with E-state index in [9.17, 15) is 24.0 Å². The minimum Gasteiger partial charge on any atom is -0.467 e. The highest BCUT2D eigenvalue weighted by Gasteiger charge is 2.39. The maximum Gasteiger partial charge on any atom is 0.293 e. The van der Waals surface area contributed by atoms with Crippen LogP contribution in [-0.4, -0.2) is 127 Å². The molecule has 2 fully saturated rings. The second-order valence-corrected chi connectivity index (χ2v) is 18.9. The molecule has 3 aromatic rings. The number of aromatic nitrogens is 2. The number of nitrogens with zero attached hydrogens (tertiary/aromatic N) is 6. The third-order valence-electron chi connectivity index (χ3n) is 13.2. The summed E-state index contributed by atoms with van der Waals surface area (Å²) in [5.41, 5.74) is 10.0. The molecule has 15 nitrogen and oxygen atoms in total. The fourth-order valence-corrected chi connectivity index (χ4v) is 9.87. The molecular formula is C50H70N8O7. The second kappa shape index (κ2) is 21.6. The van der Waals surface area contributed by atoms with E-state index in [-0.39, 0.29) is 54.2 Å². The summed E-state index contributed by atoms with van der Waals surface area (Å²) < 4.78 is 13.5. The van der Waals surface area contributed by atoms with Crippen LogP contribution in [0.1, 0.15) is 91.0 Å². The summed E-state index contributed by atoms with van der Waals surface area (Å²) >= 11 is 0. The first kappa shape index (κ1) is 48.9. The van der Waals surface area contributed by atoms with Gasteiger partial charge in [0.15, 0.2) is 0 Å². The average Bonchev–Trinajstić information content (AvgIpc) is 3.93. The van der Waals surface area contributed by atoms with Crippen molar-refractivity contribution < 1.29 is 33.4 Å². The van der Waals surface area contributed by atoms with E-state index >= 15 is 0 Å². The molecule has 352 valence electrons. The number of anilines is 1. The monoisotopic (exact) mass is 895 g/mol. The van der Waals surface area contributed by atoms with E-state index in [4.69, 9.17) is 14.5 Å².